The number of thioether (sulfide) groups is 1. The number of hydrogen-bond acceptors (Lipinski definition) is 1. The van der Waals surface area contributed by atoms with Crippen LogP contribution in [0.1, 0.15) is 38.5 Å². The molecule has 8 unspecified atom stereocenters. The largest absolute Gasteiger partial charge is 0.155 e. The lowest BCUT2D eigenvalue weighted by Gasteiger charge is -2.32. The highest BCUT2D eigenvalue weighted by Crippen LogP contribution is 2.59. The summed E-state index contributed by atoms with van der Waals surface area (Å²) in [6.45, 7) is 8.04. The first-order valence-electron chi connectivity index (χ1n) is 8.19. The molecule has 0 radical (unpaired) electrons. The van der Waals surface area contributed by atoms with Gasteiger partial charge >= 0.3 is 0 Å². The molecule has 0 aliphatic heterocycles. The lowest BCUT2D eigenvalue weighted by Crippen LogP contribution is -2.25. The van der Waals surface area contributed by atoms with E-state index in [1.165, 1.54) is 38.5 Å². The van der Waals surface area contributed by atoms with Gasteiger partial charge in [-0.3, -0.25) is 0 Å². The van der Waals surface area contributed by atoms with Crippen molar-refractivity contribution in [2.24, 2.45) is 35.5 Å². The van der Waals surface area contributed by atoms with Crippen molar-refractivity contribution in [2.45, 2.75) is 49.0 Å². The molecule has 0 N–H and O–H groups in total. The topological polar surface area (TPSA) is 0 Å². The first kappa shape index (κ1) is 12.6. The Balaban J connectivity index is 1.36. The van der Waals surface area contributed by atoms with Crippen LogP contribution in [0.3, 0.4) is 0 Å². The molecule has 4 aliphatic carbocycles. The minimum atomic E-state index is 0.854. The molecule has 4 saturated carbocycles. The van der Waals surface area contributed by atoms with E-state index in [0.717, 1.165) is 46.0 Å². The summed E-state index contributed by atoms with van der Waals surface area (Å²) in [5, 5.41) is 1.99. The van der Waals surface area contributed by atoms with Crippen LogP contribution in [0.15, 0.2) is 25.3 Å². The maximum Gasteiger partial charge on any atom is 0.00813 e. The summed E-state index contributed by atoms with van der Waals surface area (Å²) in [4.78, 5) is 0. The molecule has 0 heterocycles. The second kappa shape index (κ2) is 4.69. The Bertz CT molecular complexity index is 351. The Morgan fingerprint density at radius 2 is 1.11 bits per heavy atom. The second-order valence-corrected chi connectivity index (χ2v) is 8.95. The quantitative estimate of drug-likeness (QED) is 0.656. The van der Waals surface area contributed by atoms with Crippen LogP contribution >= 0.6 is 11.8 Å². The van der Waals surface area contributed by atoms with Crippen LogP contribution in [-0.2, 0) is 0 Å². The van der Waals surface area contributed by atoms with Gasteiger partial charge in [0.05, 0.1) is 0 Å². The zero-order valence-electron chi connectivity index (χ0n) is 11.8. The van der Waals surface area contributed by atoms with Crippen LogP contribution in [-0.4, -0.2) is 10.5 Å². The van der Waals surface area contributed by atoms with Gasteiger partial charge in [-0.25, -0.2) is 0 Å². The van der Waals surface area contributed by atoms with Crippen molar-refractivity contribution in [3.63, 3.8) is 0 Å². The third-order valence-corrected chi connectivity index (χ3v) is 8.50. The van der Waals surface area contributed by atoms with E-state index in [9.17, 15) is 0 Å². The fourth-order valence-electron chi connectivity index (χ4n) is 5.67. The predicted octanol–water partition coefficient (Wildman–Crippen LogP) is 4.92. The van der Waals surface area contributed by atoms with Gasteiger partial charge in [-0.1, -0.05) is 12.2 Å². The first-order chi connectivity index (χ1) is 9.28. The Morgan fingerprint density at radius 1 is 0.632 bits per heavy atom. The molecule has 4 aliphatic rings. The second-order valence-electron chi connectivity index (χ2n) is 7.47. The van der Waals surface area contributed by atoms with Gasteiger partial charge in [0.15, 0.2) is 0 Å². The van der Waals surface area contributed by atoms with Crippen molar-refractivity contribution >= 4 is 11.8 Å². The lowest BCUT2D eigenvalue weighted by atomic mass is 9.88. The number of hydrogen-bond donors (Lipinski definition) is 0. The molecule has 19 heavy (non-hydrogen) atoms. The molecule has 4 fully saturated rings. The van der Waals surface area contributed by atoms with Crippen LogP contribution in [0.5, 0.6) is 0 Å². The third kappa shape index (κ3) is 1.95. The van der Waals surface area contributed by atoms with Crippen molar-refractivity contribution in [1.82, 2.24) is 0 Å². The Morgan fingerprint density at radius 3 is 1.42 bits per heavy atom. The molecule has 0 aromatic rings. The molecule has 104 valence electrons. The molecule has 0 aromatic carbocycles. The molecule has 0 spiro atoms. The number of fused-ring (bicyclic) bond motifs is 4. The summed E-state index contributed by atoms with van der Waals surface area (Å²) in [5.41, 5.74) is 0. The van der Waals surface area contributed by atoms with Crippen molar-refractivity contribution in [3.05, 3.63) is 25.3 Å². The van der Waals surface area contributed by atoms with E-state index >= 15 is 0 Å². The molecule has 8 atom stereocenters. The first-order valence-corrected chi connectivity index (χ1v) is 9.13. The van der Waals surface area contributed by atoms with E-state index in [-0.39, 0.29) is 0 Å². The van der Waals surface area contributed by atoms with Crippen LogP contribution in [0.2, 0.25) is 0 Å². The minimum Gasteiger partial charge on any atom is -0.155 e. The van der Waals surface area contributed by atoms with E-state index in [4.69, 9.17) is 0 Å². The fraction of sp³-hybridized carbons (Fsp3) is 0.778. The van der Waals surface area contributed by atoms with Crippen LogP contribution in [0, 0.1) is 35.5 Å². The molecule has 4 bridgehead atoms. The highest BCUT2D eigenvalue weighted by molar-refractivity contribution is 8.00. The van der Waals surface area contributed by atoms with Crippen molar-refractivity contribution in [3.8, 4) is 0 Å². The molecule has 0 amide bonds. The Labute approximate surface area is 122 Å². The number of allylic oxidation sites excluding steroid dienone is 2. The molecule has 1 heteroatoms. The monoisotopic (exact) mass is 274 g/mol. The maximum atomic E-state index is 4.02. The van der Waals surface area contributed by atoms with Gasteiger partial charge in [0, 0.05) is 10.5 Å². The maximum absolute atomic E-state index is 4.02. The van der Waals surface area contributed by atoms with Crippen LogP contribution < -0.4 is 0 Å². The molecule has 0 saturated heterocycles. The van der Waals surface area contributed by atoms with E-state index < -0.39 is 0 Å². The molecule has 0 aromatic heterocycles. The average molecular weight is 274 g/mol. The summed E-state index contributed by atoms with van der Waals surface area (Å²) >= 11 is 2.40. The smallest absolute Gasteiger partial charge is 0.00813 e. The van der Waals surface area contributed by atoms with Gasteiger partial charge in [0.2, 0.25) is 0 Å². The third-order valence-electron chi connectivity index (χ3n) is 6.65. The fourth-order valence-corrected chi connectivity index (χ4v) is 7.72. The van der Waals surface area contributed by atoms with Crippen molar-refractivity contribution in [2.75, 3.05) is 0 Å². The predicted molar refractivity (Wildman–Crippen MR) is 84.2 cm³/mol. The van der Waals surface area contributed by atoms with E-state index in [1.54, 1.807) is 0 Å². The van der Waals surface area contributed by atoms with Gasteiger partial charge < -0.3 is 0 Å². The van der Waals surface area contributed by atoms with E-state index in [0.29, 0.717) is 0 Å². The normalized spacial score (nSPS) is 54.7. The van der Waals surface area contributed by atoms with Crippen molar-refractivity contribution < 1.29 is 0 Å². The SMILES string of the molecule is C=CC1CC2CC1CC2SC1CC2CC1CC2C=C. The summed E-state index contributed by atoms with van der Waals surface area (Å²) < 4.78 is 0. The number of rotatable bonds is 4. The Kier molecular flexibility index (Phi) is 3.10. The molecular formula is C18H26S. The van der Waals surface area contributed by atoms with Gasteiger partial charge in [0.25, 0.3) is 0 Å². The standard InChI is InChI=1S/C18H26S/c1-3-11-5-15-7-13(11)9-17(15)19-18-10-14-8-16(18)6-12(14)4-2/h3-4,11-18H,1-2,5-10H2. The summed E-state index contributed by atoms with van der Waals surface area (Å²) in [5.74, 6) is 5.72. The molecule has 4 rings (SSSR count). The van der Waals surface area contributed by atoms with Crippen LogP contribution in [0.4, 0.5) is 0 Å². The highest BCUT2D eigenvalue weighted by atomic mass is 32.2. The average Bonchev–Trinajstić information content (AvgIpc) is 3.16. The van der Waals surface area contributed by atoms with Gasteiger partial charge in [-0.2, -0.15) is 11.8 Å². The van der Waals surface area contributed by atoms with E-state index in [2.05, 4.69) is 37.1 Å². The highest BCUT2D eigenvalue weighted by Gasteiger charge is 2.49. The summed E-state index contributed by atoms with van der Waals surface area (Å²) in [7, 11) is 0. The van der Waals surface area contributed by atoms with E-state index in [1.807, 2.05) is 0 Å². The van der Waals surface area contributed by atoms with Gasteiger partial charge in [-0.05, 0) is 74.0 Å². The van der Waals surface area contributed by atoms with Gasteiger partial charge in [0.1, 0.15) is 0 Å². The minimum absolute atomic E-state index is 0.854. The van der Waals surface area contributed by atoms with Gasteiger partial charge in [-0.15, -0.1) is 13.2 Å². The summed E-state index contributed by atoms with van der Waals surface area (Å²) in [6.07, 6.45) is 13.4. The zero-order chi connectivity index (χ0) is 13.0. The molecule has 0 nitrogen and oxygen atoms in total. The zero-order valence-corrected chi connectivity index (χ0v) is 12.7. The summed E-state index contributed by atoms with van der Waals surface area (Å²) in [6, 6.07) is 0. The van der Waals surface area contributed by atoms with Crippen LogP contribution in [0.25, 0.3) is 0 Å². The van der Waals surface area contributed by atoms with Crippen molar-refractivity contribution in [1.29, 1.82) is 0 Å². The lowest BCUT2D eigenvalue weighted by molar-refractivity contribution is 0.390. The molecular weight excluding hydrogens is 248 g/mol. The Hall–Kier alpha value is -0.170.